The maximum Gasteiger partial charge on any atom is 0.109 e. The molecule has 2 aromatic heterocycles. The number of aromatic nitrogens is 4. The van der Waals surface area contributed by atoms with Gasteiger partial charge in [-0.2, -0.15) is 5.26 Å². The van der Waals surface area contributed by atoms with Gasteiger partial charge in [-0.3, -0.25) is 9.88 Å². The zero-order chi connectivity index (χ0) is 33.1. The van der Waals surface area contributed by atoms with Crippen LogP contribution in [0.5, 0.6) is 0 Å². The highest BCUT2D eigenvalue weighted by atomic mass is 35.5. The Hall–Kier alpha value is -4.45. The number of likely N-dealkylation sites (tertiary alicyclic amines) is 1. The molecule has 2 N–H and O–H groups in total. The third kappa shape index (κ3) is 7.12. The molecule has 0 aliphatic carbocycles. The predicted molar refractivity (Wildman–Crippen MR) is 191 cm³/mol. The van der Waals surface area contributed by atoms with Crippen LogP contribution in [0.3, 0.4) is 0 Å². The van der Waals surface area contributed by atoms with Crippen molar-refractivity contribution in [3.8, 4) is 6.07 Å². The number of halogens is 1. The number of pyridine rings is 1. The highest BCUT2D eigenvalue weighted by Crippen LogP contribution is 2.38. The van der Waals surface area contributed by atoms with Crippen LogP contribution in [0.15, 0.2) is 85.2 Å². The molecule has 1 aliphatic heterocycles. The average molecular weight is 647 g/mol. The molecule has 5 aromatic rings. The van der Waals surface area contributed by atoms with E-state index in [9.17, 15) is 5.26 Å². The van der Waals surface area contributed by atoms with Crippen molar-refractivity contribution in [2.45, 2.75) is 71.1 Å². The smallest absolute Gasteiger partial charge is 0.109 e. The normalized spacial score (nSPS) is 15.8. The van der Waals surface area contributed by atoms with Gasteiger partial charge in [0.2, 0.25) is 0 Å². The Kier molecular flexibility index (Phi) is 9.49. The summed E-state index contributed by atoms with van der Waals surface area (Å²) in [5.41, 5.74) is 5.82. The van der Waals surface area contributed by atoms with Gasteiger partial charge in [-0.15, -0.1) is 5.10 Å². The lowest BCUT2D eigenvalue weighted by molar-refractivity contribution is 0.0866. The third-order valence-corrected chi connectivity index (χ3v) is 9.51. The largest absolute Gasteiger partial charge is 0.376 e. The number of nitriles is 1. The SMILES string of the molecule is CC(C)[C@@H](Nc1c(C#N)cnc2c(Cl)cc(N[C@@H](c3ccccc3)c3cn(C4CCN(C(C)(C)C)CC4)nn3)cc12)c1ccccc1. The van der Waals surface area contributed by atoms with Crippen LogP contribution in [0.1, 0.15) is 88.0 Å². The predicted octanol–water partition coefficient (Wildman–Crippen LogP) is 8.80. The first-order valence-corrected chi connectivity index (χ1v) is 16.8. The molecule has 2 atom stereocenters. The van der Waals surface area contributed by atoms with Gasteiger partial charge in [0.15, 0.2) is 0 Å². The van der Waals surface area contributed by atoms with Crippen LogP contribution in [-0.2, 0) is 0 Å². The summed E-state index contributed by atoms with van der Waals surface area (Å²) < 4.78 is 2.04. The van der Waals surface area contributed by atoms with Crippen molar-refractivity contribution in [1.29, 1.82) is 5.26 Å². The molecule has 0 bridgehead atoms. The average Bonchev–Trinajstić information content (AvgIpc) is 3.56. The molecule has 47 heavy (non-hydrogen) atoms. The molecule has 3 heterocycles. The molecule has 0 spiro atoms. The van der Waals surface area contributed by atoms with Crippen LogP contribution in [0, 0.1) is 17.2 Å². The number of benzene rings is 3. The molecule has 0 radical (unpaired) electrons. The molecule has 9 heteroatoms. The van der Waals surface area contributed by atoms with E-state index in [0.717, 1.165) is 59.5 Å². The van der Waals surface area contributed by atoms with Crippen molar-refractivity contribution in [3.05, 3.63) is 113 Å². The first-order valence-electron chi connectivity index (χ1n) is 16.4. The van der Waals surface area contributed by atoms with E-state index in [1.165, 1.54) is 0 Å². The molecule has 0 saturated carbocycles. The Morgan fingerprint density at radius 2 is 1.60 bits per heavy atom. The number of rotatable bonds is 9. The van der Waals surface area contributed by atoms with Gasteiger partial charge in [-0.05, 0) is 62.8 Å². The molecular weight excluding hydrogens is 604 g/mol. The quantitative estimate of drug-likeness (QED) is 0.165. The Morgan fingerprint density at radius 1 is 0.936 bits per heavy atom. The number of anilines is 2. The van der Waals surface area contributed by atoms with Crippen LogP contribution in [0.4, 0.5) is 11.4 Å². The summed E-state index contributed by atoms with van der Waals surface area (Å²) in [5, 5.41) is 28.2. The van der Waals surface area contributed by atoms with Gasteiger partial charge in [-0.25, -0.2) is 4.68 Å². The maximum absolute atomic E-state index is 10.1. The highest BCUT2D eigenvalue weighted by molar-refractivity contribution is 6.35. The number of hydrogen-bond donors (Lipinski definition) is 2. The van der Waals surface area contributed by atoms with Gasteiger partial charge in [0.05, 0.1) is 46.1 Å². The summed E-state index contributed by atoms with van der Waals surface area (Å²) in [5.74, 6) is 0.259. The number of nitrogens with one attached hydrogen (secondary N) is 2. The second-order valence-corrected chi connectivity index (χ2v) is 14.2. The van der Waals surface area contributed by atoms with Gasteiger partial charge in [0, 0.05) is 35.9 Å². The van der Waals surface area contributed by atoms with Gasteiger partial charge in [-0.1, -0.05) is 91.3 Å². The van der Waals surface area contributed by atoms with E-state index >= 15 is 0 Å². The Morgan fingerprint density at radius 3 is 2.21 bits per heavy atom. The van der Waals surface area contributed by atoms with E-state index in [2.05, 4.69) is 96.9 Å². The summed E-state index contributed by atoms with van der Waals surface area (Å²) in [6.07, 6.45) is 5.76. The Labute approximate surface area is 282 Å². The minimum absolute atomic E-state index is 0.0216. The number of fused-ring (bicyclic) bond motifs is 1. The maximum atomic E-state index is 10.1. The third-order valence-electron chi connectivity index (χ3n) is 9.23. The summed E-state index contributed by atoms with van der Waals surface area (Å²) >= 11 is 6.92. The molecular formula is C38H43ClN8. The van der Waals surface area contributed by atoms with Crippen molar-refractivity contribution in [2.75, 3.05) is 23.7 Å². The lowest BCUT2D eigenvalue weighted by atomic mass is 9.95. The van der Waals surface area contributed by atoms with E-state index in [1.54, 1.807) is 6.20 Å². The Bertz CT molecular complexity index is 1850. The van der Waals surface area contributed by atoms with E-state index in [-0.39, 0.29) is 23.5 Å². The van der Waals surface area contributed by atoms with Gasteiger partial charge in [0.25, 0.3) is 0 Å². The minimum Gasteiger partial charge on any atom is -0.376 e. The number of piperidine rings is 1. The molecule has 0 amide bonds. The zero-order valence-corrected chi connectivity index (χ0v) is 28.5. The molecule has 242 valence electrons. The molecule has 3 aromatic carbocycles. The van der Waals surface area contributed by atoms with Gasteiger partial charge >= 0.3 is 0 Å². The molecule has 1 aliphatic rings. The van der Waals surface area contributed by atoms with Crippen LogP contribution >= 0.6 is 11.6 Å². The van der Waals surface area contributed by atoms with Gasteiger partial charge < -0.3 is 10.6 Å². The summed E-state index contributed by atoms with van der Waals surface area (Å²) in [6.45, 7) is 13.2. The number of hydrogen-bond acceptors (Lipinski definition) is 7. The molecule has 0 unspecified atom stereocenters. The second-order valence-electron chi connectivity index (χ2n) is 13.8. The van der Waals surface area contributed by atoms with Crippen LogP contribution in [0.25, 0.3) is 10.9 Å². The summed E-state index contributed by atoms with van der Waals surface area (Å²) in [7, 11) is 0. The van der Waals surface area contributed by atoms with Crippen molar-refractivity contribution in [1.82, 2.24) is 24.9 Å². The molecule has 1 fully saturated rings. The molecule has 8 nitrogen and oxygen atoms in total. The standard InChI is InChI=1S/C38H43ClN8/c1-25(2)34(26-12-8-6-9-13-26)43-35-28(22-40)23-41-37-31(35)20-29(21-32(37)39)42-36(27-14-10-7-11-15-27)33-24-47(45-44-33)30-16-18-46(19-17-30)38(3,4)5/h6-15,20-21,23-25,30,34,36,42H,16-19H2,1-5H3,(H,41,43)/t34-,36+/m1/s1. The van der Waals surface area contributed by atoms with Crippen LogP contribution < -0.4 is 10.6 Å². The van der Waals surface area contributed by atoms with Crippen LogP contribution in [0.2, 0.25) is 5.02 Å². The highest BCUT2D eigenvalue weighted by Gasteiger charge is 2.29. The fourth-order valence-electron chi connectivity index (χ4n) is 6.58. The topological polar surface area (TPSA) is 94.7 Å². The monoisotopic (exact) mass is 646 g/mol. The number of nitrogens with zero attached hydrogens (tertiary/aromatic N) is 6. The molecule has 6 rings (SSSR count). The van der Waals surface area contributed by atoms with Crippen molar-refractivity contribution in [2.24, 2.45) is 5.92 Å². The van der Waals surface area contributed by atoms with Crippen LogP contribution in [-0.4, -0.2) is 43.5 Å². The Balaban J connectivity index is 1.35. The summed E-state index contributed by atoms with van der Waals surface area (Å²) in [6, 6.07) is 26.9. The molecule has 1 saturated heterocycles. The minimum atomic E-state index is -0.274. The van der Waals surface area contributed by atoms with E-state index in [1.807, 2.05) is 53.2 Å². The van der Waals surface area contributed by atoms with E-state index in [0.29, 0.717) is 22.1 Å². The lowest BCUT2D eigenvalue weighted by Gasteiger charge is -2.40. The van der Waals surface area contributed by atoms with E-state index < -0.39 is 0 Å². The fourth-order valence-corrected chi connectivity index (χ4v) is 6.84. The lowest BCUT2D eigenvalue weighted by Crippen LogP contribution is -2.46. The van der Waals surface area contributed by atoms with Crippen molar-refractivity contribution < 1.29 is 0 Å². The first kappa shape index (κ1) is 32.5. The van der Waals surface area contributed by atoms with Crippen molar-refractivity contribution >= 4 is 33.9 Å². The van der Waals surface area contributed by atoms with Crippen molar-refractivity contribution in [3.63, 3.8) is 0 Å². The van der Waals surface area contributed by atoms with Gasteiger partial charge in [0.1, 0.15) is 11.8 Å². The zero-order valence-electron chi connectivity index (χ0n) is 27.8. The first-order chi connectivity index (χ1) is 22.6. The summed E-state index contributed by atoms with van der Waals surface area (Å²) in [4.78, 5) is 7.14. The fraction of sp³-hybridized carbons (Fsp3) is 0.368. The second kappa shape index (κ2) is 13.7. The van der Waals surface area contributed by atoms with E-state index in [4.69, 9.17) is 16.7 Å².